The molecule has 8 atom stereocenters. The van der Waals surface area contributed by atoms with Gasteiger partial charge in [-0.25, -0.2) is 4.79 Å². The van der Waals surface area contributed by atoms with E-state index in [0.717, 1.165) is 0 Å². The van der Waals surface area contributed by atoms with Gasteiger partial charge in [0.05, 0.1) is 22.5 Å². The number of rotatable bonds is 1. The average Bonchev–Trinajstić information content (AvgIpc) is 2.85. The predicted molar refractivity (Wildman–Crippen MR) is 68.3 cm³/mol. The number of carbonyl (C=O) groups is 2. The molecule has 2 saturated carbocycles. The lowest BCUT2D eigenvalue weighted by Crippen LogP contribution is -2.68. The van der Waals surface area contributed by atoms with Crippen LogP contribution >= 0.6 is 0 Å². The Morgan fingerprint density at radius 3 is 2.59 bits per heavy atom. The normalized spacial score (nSPS) is 60.7. The van der Waals surface area contributed by atoms with E-state index >= 15 is 0 Å². The molecule has 120 valence electrons. The molecule has 5 fully saturated rings. The topological polar surface area (TPSA) is 106 Å². The predicted octanol–water partition coefficient (Wildman–Crippen LogP) is -0.867. The molecule has 2 N–H and O–H groups in total. The Morgan fingerprint density at radius 2 is 1.95 bits per heavy atom. The lowest BCUT2D eigenvalue weighted by Gasteiger charge is -2.53. The molecule has 5 rings (SSSR count). The smallest absolute Gasteiger partial charge is 0.342 e. The first-order valence-electron chi connectivity index (χ1n) is 7.63. The summed E-state index contributed by atoms with van der Waals surface area (Å²) in [6.45, 7) is 4.92. The highest BCUT2D eigenvalue weighted by molar-refractivity contribution is 5.91. The van der Waals surface area contributed by atoms with Gasteiger partial charge in [0.1, 0.15) is 12.2 Å². The van der Waals surface area contributed by atoms with Crippen molar-refractivity contribution in [2.24, 2.45) is 17.3 Å². The van der Waals surface area contributed by atoms with Gasteiger partial charge in [-0.2, -0.15) is 0 Å². The number of carbonyl (C=O) groups excluding carboxylic acids is 2. The summed E-state index contributed by atoms with van der Waals surface area (Å²) >= 11 is 0. The van der Waals surface area contributed by atoms with Crippen molar-refractivity contribution in [1.29, 1.82) is 0 Å². The van der Waals surface area contributed by atoms with Crippen molar-refractivity contribution in [2.45, 2.75) is 62.3 Å². The molecule has 1 spiro atoms. The maximum atomic E-state index is 12.4. The summed E-state index contributed by atoms with van der Waals surface area (Å²) in [6.07, 6.45) is -1.78. The number of hydrogen-bond donors (Lipinski definition) is 2. The van der Waals surface area contributed by atoms with Gasteiger partial charge in [-0.1, -0.05) is 0 Å². The molecule has 3 heterocycles. The highest BCUT2D eigenvalue weighted by Gasteiger charge is 2.95. The zero-order valence-electron chi connectivity index (χ0n) is 12.5. The van der Waals surface area contributed by atoms with Gasteiger partial charge in [0.15, 0.2) is 6.10 Å². The molecule has 0 aromatic heterocycles. The molecule has 0 aromatic rings. The van der Waals surface area contributed by atoms with Crippen LogP contribution in [0.3, 0.4) is 0 Å². The first-order chi connectivity index (χ1) is 10.1. The van der Waals surface area contributed by atoms with E-state index in [9.17, 15) is 19.8 Å². The molecule has 5 aliphatic rings. The van der Waals surface area contributed by atoms with E-state index in [4.69, 9.17) is 14.2 Å². The Bertz CT molecular complexity index is 638. The van der Waals surface area contributed by atoms with Crippen LogP contribution in [-0.2, 0) is 23.8 Å². The van der Waals surface area contributed by atoms with Crippen molar-refractivity contribution in [3.05, 3.63) is 0 Å². The van der Waals surface area contributed by atoms with Crippen LogP contribution in [0, 0.1) is 17.3 Å². The van der Waals surface area contributed by atoms with Gasteiger partial charge in [0.25, 0.3) is 0 Å². The molecule has 2 aliphatic carbocycles. The zero-order valence-corrected chi connectivity index (χ0v) is 12.5. The number of esters is 2. The third-order valence-corrected chi connectivity index (χ3v) is 6.85. The lowest BCUT2D eigenvalue weighted by atomic mass is 9.52. The Balaban J connectivity index is 1.76. The Kier molecular flexibility index (Phi) is 1.85. The van der Waals surface area contributed by atoms with Crippen LogP contribution in [0.5, 0.6) is 0 Å². The van der Waals surface area contributed by atoms with Crippen LogP contribution < -0.4 is 0 Å². The number of epoxide rings is 1. The van der Waals surface area contributed by atoms with E-state index in [1.165, 1.54) is 0 Å². The fourth-order valence-corrected chi connectivity index (χ4v) is 5.83. The summed E-state index contributed by atoms with van der Waals surface area (Å²) < 4.78 is 16.5. The number of hydrogen-bond acceptors (Lipinski definition) is 7. The van der Waals surface area contributed by atoms with Crippen molar-refractivity contribution in [3.63, 3.8) is 0 Å². The highest BCUT2D eigenvalue weighted by atomic mass is 16.7. The van der Waals surface area contributed by atoms with Crippen molar-refractivity contribution in [3.8, 4) is 0 Å². The van der Waals surface area contributed by atoms with E-state index in [1.54, 1.807) is 20.8 Å². The van der Waals surface area contributed by atoms with E-state index in [1.807, 2.05) is 0 Å². The molecule has 7 heteroatoms. The highest BCUT2D eigenvalue weighted by Crippen LogP contribution is 2.77. The number of fused-ring (bicyclic) bond motifs is 4. The molecule has 0 amide bonds. The summed E-state index contributed by atoms with van der Waals surface area (Å²) in [5.41, 5.74) is -4.89. The van der Waals surface area contributed by atoms with E-state index in [0.29, 0.717) is 0 Å². The number of aliphatic hydroxyl groups is 2. The third-order valence-electron chi connectivity index (χ3n) is 6.85. The van der Waals surface area contributed by atoms with Crippen molar-refractivity contribution >= 4 is 11.9 Å². The maximum Gasteiger partial charge on any atom is 0.342 e. The minimum Gasteiger partial charge on any atom is -0.458 e. The fourth-order valence-electron chi connectivity index (χ4n) is 5.83. The second-order valence-corrected chi connectivity index (χ2v) is 8.06. The van der Waals surface area contributed by atoms with Gasteiger partial charge in [-0.3, -0.25) is 4.79 Å². The molecule has 3 aliphatic heterocycles. The Hall–Kier alpha value is -1.18. The molecule has 2 bridgehead atoms. The summed E-state index contributed by atoms with van der Waals surface area (Å²) in [6, 6.07) is 0. The molecule has 0 aromatic carbocycles. The zero-order chi connectivity index (χ0) is 15.9. The summed E-state index contributed by atoms with van der Waals surface area (Å²) in [7, 11) is 0. The molecule has 22 heavy (non-hydrogen) atoms. The minimum atomic E-state index is -1.47. The number of ether oxygens (including phenoxy) is 3. The van der Waals surface area contributed by atoms with Gasteiger partial charge >= 0.3 is 11.9 Å². The first-order valence-corrected chi connectivity index (χ1v) is 7.63. The molecule has 0 radical (unpaired) electrons. The quantitative estimate of drug-likeness (QED) is 0.479. The van der Waals surface area contributed by atoms with Crippen molar-refractivity contribution < 1.29 is 34.0 Å². The lowest BCUT2D eigenvalue weighted by molar-refractivity contribution is -0.223. The van der Waals surface area contributed by atoms with Gasteiger partial charge in [-0.15, -0.1) is 0 Å². The largest absolute Gasteiger partial charge is 0.458 e. The molecule has 7 nitrogen and oxygen atoms in total. The van der Waals surface area contributed by atoms with Gasteiger partial charge in [-0.05, 0) is 20.8 Å². The van der Waals surface area contributed by atoms with E-state index in [-0.39, 0.29) is 6.42 Å². The third kappa shape index (κ3) is 0.962. The second kappa shape index (κ2) is 3.07. The van der Waals surface area contributed by atoms with E-state index < -0.39 is 64.3 Å². The van der Waals surface area contributed by atoms with Crippen LogP contribution in [0.4, 0.5) is 0 Å². The van der Waals surface area contributed by atoms with Crippen LogP contribution in [0.25, 0.3) is 0 Å². The maximum absolute atomic E-state index is 12.4. The monoisotopic (exact) mass is 310 g/mol. The average molecular weight is 310 g/mol. The molecule has 2 unspecified atom stereocenters. The van der Waals surface area contributed by atoms with Crippen LogP contribution in [0.2, 0.25) is 0 Å². The SMILES string of the molecule is CC(C)(O)[C@@H]1C2OC(=O)C1[C@]1(O)C[C@@H]3O[C@]34C(=O)O[C@H]2[C@]14C. The van der Waals surface area contributed by atoms with E-state index in [2.05, 4.69) is 0 Å². The Labute approximate surface area is 126 Å². The second-order valence-electron chi connectivity index (χ2n) is 8.06. The van der Waals surface area contributed by atoms with Crippen LogP contribution in [-0.4, -0.2) is 57.3 Å². The van der Waals surface area contributed by atoms with Gasteiger partial charge in [0, 0.05) is 12.3 Å². The standard InChI is InChI=1S/C15H18O7/c1-12(2,18)6-7-10(16)20-8(6)9-13(3)14(7,19)4-5-15(13,22-5)11(17)21-9/h5-9,18-19H,4H2,1-3H3/t5-,6-,7?,8?,9+,13+,14+,15-/m0/s1. The molecule has 3 saturated heterocycles. The fraction of sp³-hybridized carbons (Fsp3) is 0.867. The first kappa shape index (κ1) is 13.3. The minimum absolute atomic E-state index is 0.189. The molecular weight excluding hydrogens is 292 g/mol. The van der Waals surface area contributed by atoms with Crippen molar-refractivity contribution in [1.82, 2.24) is 0 Å². The summed E-state index contributed by atoms with van der Waals surface area (Å²) in [5, 5.41) is 21.9. The Morgan fingerprint density at radius 1 is 1.27 bits per heavy atom. The summed E-state index contributed by atoms with van der Waals surface area (Å²) in [5.74, 6) is -2.51. The van der Waals surface area contributed by atoms with Crippen molar-refractivity contribution in [2.75, 3.05) is 0 Å². The summed E-state index contributed by atoms with van der Waals surface area (Å²) in [4.78, 5) is 24.8. The van der Waals surface area contributed by atoms with Gasteiger partial charge in [0.2, 0.25) is 5.60 Å². The van der Waals surface area contributed by atoms with Crippen LogP contribution in [0.15, 0.2) is 0 Å². The van der Waals surface area contributed by atoms with Gasteiger partial charge < -0.3 is 24.4 Å². The molecular formula is C15H18O7. The van der Waals surface area contributed by atoms with Crippen LogP contribution in [0.1, 0.15) is 27.2 Å².